The fourth-order valence-electron chi connectivity index (χ4n) is 1.72. The van der Waals surface area contributed by atoms with Crippen LogP contribution in [0.2, 0.25) is 0 Å². The highest BCUT2D eigenvalue weighted by atomic mass is 16.5. The molecule has 0 amide bonds. The van der Waals surface area contributed by atoms with E-state index in [1.165, 1.54) is 0 Å². The Balaban J connectivity index is 2.83. The Morgan fingerprint density at radius 3 is 2.29 bits per heavy atom. The number of nitrogens with two attached hydrogens (primary N) is 1. The first-order valence-corrected chi connectivity index (χ1v) is 7.20. The lowest BCUT2D eigenvalue weighted by Crippen LogP contribution is -2.31. The summed E-state index contributed by atoms with van der Waals surface area (Å²) < 4.78 is 16.0. The summed E-state index contributed by atoms with van der Waals surface area (Å²) in [7, 11) is 3.37. The van der Waals surface area contributed by atoms with Crippen molar-refractivity contribution in [2.45, 2.75) is 13.8 Å². The van der Waals surface area contributed by atoms with E-state index in [9.17, 15) is 0 Å². The Bertz CT molecular complexity index is 405. The summed E-state index contributed by atoms with van der Waals surface area (Å²) in [6.07, 6.45) is 0. The van der Waals surface area contributed by atoms with Gasteiger partial charge in [-0.05, 0) is 18.1 Å². The molecule has 120 valence electrons. The molecule has 1 heterocycles. The molecule has 0 spiro atoms. The van der Waals surface area contributed by atoms with Crippen molar-refractivity contribution >= 4 is 11.5 Å². The Morgan fingerprint density at radius 1 is 1.14 bits per heavy atom. The summed E-state index contributed by atoms with van der Waals surface area (Å²) in [5, 5.41) is 0. The van der Waals surface area contributed by atoms with E-state index in [1.54, 1.807) is 14.2 Å². The van der Waals surface area contributed by atoms with Crippen LogP contribution >= 0.6 is 0 Å². The zero-order chi connectivity index (χ0) is 15.7. The van der Waals surface area contributed by atoms with E-state index in [4.69, 9.17) is 19.9 Å². The molecule has 0 atom stereocenters. The second-order valence-electron chi connectivity index (χ2n) is 5.24. The van der Waals surface area contributed by atoms with E-state index < -0.39 is 0 Å². The van der Waals surface area contributed by atoms with Crippen LogP contribution in [0, 0.1) is 5.92 Å². The van der Waals surface area contributed by atoms with E-state index in [0.717, 1.165) is 18.9 Å². The molecule has 0 unspecified atom stereocenters. The molecule has 6 nitrogen and oxygen atoms in total. The van der Waals surface area contributed by atoms with Crippen molar-refractivity contribution in [3.05, 3.63) is 12.1 Å². The van der Waals surface area contributed by atoms with E-state index in [2.05, 4.69) is 23.7 Å². The van der Waals surface area contributed by atoms with Crippen molar-refractivity contribution in [1.82, 2.24) is 4.98 Å². The van der Waals surface area contributed by atoms with Gasteiger partial charge in [0.2, 0.25) is 5.88 Å². The van der Waals surface area contributed by atoms with Crippen LogP contribution in [0.4, 0.5) is 11.5 Å². The number of aromatic nitrogens is 1. The van der Waals surface area contributed by atoms with Gasteiger partial charge in [0.05, 0.1) is 25.5 Å². The first kappa shape index (κ1) is 17.5. The van der Waals surface area contributed by atoms with Crippen LogP contribution in [-0.4, -0.2) is 52.1 Å². The third-order valence-electron chi connectivity index (χ3n) is 2.88. The van der Waals surface area contributed by atoms with Gasteiger partial charge in [0.1, 0.15) is 5.82 Å². The van der Waals surface area contributed by atoms with Crippen molar-refractivity contribution < 1.29 is 14.2 Å². The zero-order valence-corrected chi connectivity index (χ0v) is 13.5. The average molecular weight is 297 g/mol. The normalized spacial score (nSPS) is 10.9. The van der Waals surface area contributed by atoms with Gasteiger partial charge in [0.25, 0.3) is 0 Å². The summed E-state index contributed by atoms with van der Waals surface area (Å²) in [6, 6.07) is 3.72. The lowest BCUT2D eigenvalue weighted by molar-refractivity contribution is 0.190. The number of methoxy groups -OCH3 is 2. The monoisotopic (exact) mass is 297 g/mol. The molecule has 0 aliphatic carbocycles. The van der Waals surface area contributed by atoms with Crippen molar-refractivity contribution in [2.24, 2.45) is 5.92 Å². The molecule has 0 aromatic carbocycles. The first-order valence-electron chi connectivity index (χ1n) is 7.20. The Morgan fingerprint density at radius 2 is 1.76 bits per heavy atom. The quantitative estimate of drug-likeness (QED) is 0.710. The average Bonchev–Trinajstić information content (AvgIpc) is 2.47. The lowest BCUT2D eigenvalue weighted by atomic mass is 10.2. The summed E-state index contributed by atoms with van der Waals surface area (Å²) in [5.74, 6) is 1.73. The third-order valence-corrected chi connectivity index (χ3v) is 2.88. The van der Waals surface area contributed by atoms with Gasteiger partial charge in [0.15, 0.2) is 0 Å². The maximum atomic E-state index is 5.92. The van der Waals surface area contributed by atoms with E-state index in [-0.39, 0.29) is 0 Å². The van der Waals surface area contributed by atoms with Gasteiger partial charge < -0.3 is 24.8 Å². The Labute approximate surface area is 127 Å². The number of anilines is 2. The fourth-order valence-corrected chi connectivity index (χ4v) is 1.72. The van der Waals surface area contributed by atoms with Crippen LogP contribution in [0.25, 0.3) is 0 Å². The minimum Gasteiger partial charge on any atom is -0.476 e. The van der Waals surface area contributed by atoms with Gasteiger partial charge in [0, 0.05) is 27.3 Å². The molecule has 21 heavy (non-hydrogen) atoms. The predicted octanol–water partition coefficient (Wildman–Crippen LogP) is 1.80. The second-order valence-corrected chi connectivity index (χ2v) is 5.24. The zero-order valence-electron chi connectivity index (χ0n) is 13.5. The summed E-state index contributed by atoms with van der Waals surface area (Å²) >= 11 is 0. The summed E-state index contributed by atoms with van der Waals surface area (Å²) in [4.78, 5) is 6.61. The molecule has 1 aromatic heterocycles. The number of ether oxygens (including phenoxy) is 3. The standard InChI is InChI=1S/C15H27N3O3/c1-12(2)11-21-15-13(16)5-6-14(17-15)18(7-9-19-3)8-10-20-4/h5-6,12H,7-11,16H2,1-4H3. The number of hydrogen-bond donors (Lipinski definition) is 1. The SMILES string of the molecule is COCCN(CCOC)c1ccc(N)c(OCC(C)C)n1. The van der Waals surface area contributed by atoms with Crippen LogP contribution in [0.3, 0.4) is 0 Å². The number of hydrogen-bond acceptors (Lipinski definition) is 6. The molecular formula is C15H27N3O3. The Hall–Kier alpha value is -1.53. The largest absolute Gasteiger partial charge is 0.476 e. The number of pyridine rings is 1. The molecular weight excluding hydrogens is 270 g/mol. The topological polar surface area (TPSA) is 69.8 Å². The predicted molar refractivity (Wildman–Crippen MR) is 84.9 cm³/mol. The van der Waals surface area contributed by atoms with Crippen molar-refractivity contribution in [3.63, 3.8) is 0 Å². The molecule has 0 aliphatic rings. The fraction of sp³-hybridized carbons (Fsp3) is 0.667. The van der Waals surface area contributed by atoms with Crippen molar-refractivity contribution in [3.8, 4) is 5.88 Å². The first-order chi connectivity index (χ1) is 10.1. The molecule has 0 bridgehead atoms. The molecule has 0 fully saturated rings. The Kier molecular flexibility index (Phi) is 7.85. The highest BCUT2D eigenvalue weighted by Crippen LogP contribution is 2.23. The third kappa shape index (κ3) is 6.18. The molecule has 2 N–H and O–H groups in total. The molecule has 0 saturated carbocycles. The van der Waals surface area contributed by atoms with Gasteiger partial charge in [-0.3, -0.25) is 0 Å². The van der Waals surface area contributed by atoms with Gasteiger partial charge in [-0.25, -0.2) is 0 Å². The maximum absolute atomic E-state index is 5.92. The number of nitrogens with zero attached hydrogens (tertiary/aromatic N) is 2. The molecule has 0 radical (unpaired) electrons. The molecule has 6 heteroatoms. The molecule has 0 saturated heterocycles. The maximum Gasteiger partial charge on any atom is 0.239 e. The highest BCUT2D eigenvalue weighted by Gasteiger charge is 2.11. The molecule has 0 aliphatic heterocycles. The summed E-state index contributed by atoms with van der Waals surface area (Å²) in [6.45, 7) is 7.49. The van der Waals surface area contributed by atoms with Crippen LogP contribution in [0.15, 0.2) is 12.1 Å². The van der Waals surface area contributed by atoms with Gasteiger partial charge in [-0.1, -0.05) is 13.8 Å². The highest BCUT2D eigenvalue weighted by molar-refractivity contribution is 5.54. The second kappa shape index (κ2) is 9.41. The van der Waals surface area contributed by atoms with Gasteiger partial charge >= 0.3 is 0 Å². The van der Waals surface area contributed by atoms with Crippen LogP contribution in [0.1, 0.15) is 13.8 Å². The van der Waals surface area contributed by atoms with Crippen molar-refractivity contribution in [2.75, 3.05) is 57.8 Å². The van der Waals surface area contributed by atoms with E-state index >= 15 is 0 Å². The minimum absolute atomic E-state index is 0.424. The number of rotatable bonds is 10. The van der Waals surface area contributed by atoms with E-state index in [0.29, 0.717) is 37.3 Å². The van der Waals surface area contributed by atoms with Gasteiger partial charge in [-0.2, -0.15) is 4.98 Å². The minimum atomic E-state index is 0.424. The van der Waals surface area contributed by atoms with Gasteiger partial charge in [-0.15, -0.1) is 0 Å². The smallest absolute Gasteiger partial charge is 0.239 e. The summed E-state index contributed by atoms with van der Waals surface area (Å²) in [5.41, 5.74) is 6.47. The lowest BCUT2D eigenvalue weighted by Gasteiger charge is -2.24. The van der Waals surface area contributed by atoms with Crippen LogP contribution in [-0.2, 0) is 9.47 Å². The number of nitrogen functional groups attached to an aromatic ring is 1. The molecule has 1 aromatic rings. The van der Waals surface area contributed by atoms with Crippen LogP contribution in [0.5, 0.6) is 5.88 Å². The van der Waals surface area contributed by atoms with Crippen molar-refractivity contribution in [1.29, 1.82) is 0 Å². The van der Waals surface area contributed by atoms with E-state index in [1.807, 2.05) is 12.1 Å². The van der Waals surface area contributed by atoms with Crippen LogP contribution < -0.4 is 15.4 Å². The molecule has 1 rings (SSSR count).